The number of hydrogen-bond acceptors (Lipinski definition) is 2. The minimum absolute atomic E-state index is 0.362. The smallest absolute Gasteiger partial charge is 0.399 e. The fourth-order valence-electron chi connectivity index (χ4n) is 4.24. The molecule has 0 bridgehead atoms. The van der Waals surface area contributed by atoms with Crippen LogP contribution in [-0.4, -0.2) is 18.3 Å². The molecule has 0 saturated carbocycles. The summed E-state index contributed by atoms with van der Waals surface area (Å²) in [5.74, 6) is 0. The molecule has 0 unspecified atom stereocenters. The van der Waals surface area contributed by atoms with Crippen molar-refractivity contribution in [2.24, 2.45) is 0 Å². The zero-order valence-corrected chi connectivity index (χ0v) is 18.6. The Morgan fingerprint density at radius 2 is 1.23 bits per heavy atom. The summed E-state index contributed by atoms with van der Waals surface area (Å²) in [6, 6.07) is 32.2. The lowest BCUT2D eigenvalue weighted by atomic mass is 9.76. The highest BCUT2D eigenvalue weighted by molar-refractivity contribution is 6.62. The van der Waals surface area contributed by atoms with Gasteiger partial charge >= 0.3 is 7.12 Å². The highest BCUT2D eigenvalue weighted by Crippen LogP contribution is 2.39. The average molecular weight is 406 g/mol. The molecule has 4 aromatic rings. The van der Waals surface area contributed by atoms with Gasteiger partial charge in [-0.3, -0.25) is 0 Å². The summed E-state index contributed by atoms with van der Waals surface area (Å²) in [5, 5.41) is 2.50. The zero-order valence-electron chi connectivity index (χ0n) is 18.6. The lowest BCUT2D eigenvalue weighted by Gasteiger charge is -2.32. The fraction of sp³-hybridized carbons (Fsp3) is 0.214. The highest BCUT2D eigenvalue weighted by atomic mass is 16.7. The third-order valence-electron chi connectivity index (χ3n) is 6.73. The Morgan fingerprint density at radius 1 is 0.581 bits per heavy atom. The molecule has 2 nitrogen and oxygen atoms in total. The predicted molar refractivity (Wildman–Crippen MR) is 131 cm³/mol. The van der Waals surface area contributed by atoms with Crippen LogP contribution in [0.5, 0.6) is 0 Å². The third-order valence-corrected chi connectivity index (χ3v) is 6.73. The van der Waals surface area contributed by atoms with Crippen LogP contribution in [0.25, 0.3) is 33.0 Å². The largest absolute Gasteiger partial charge is 0.494 e. The quantitative estimate of drug-likeness (QED) is 0.363. The molecule has 1 aliphatic rings. The molecule has 0 atom stereocenters. The first-order chi connectivity index (χ1) is 14.9. The van der Waals surface area contributed by atoms with Crippen LogP contribution < -0.4 is 5.46 Å². The minimum atomic E-state index is -0.381. The Bertz CT molecular complexity index is 1220. The molecule has 4 aromatic carbocycles. The van der Waals surface area contributed by atoms with Gasteiger partial charge in [0.1, 0.15) is 0 Å². The van der Waals surface area contributed by atoms with Crippen molar-refractivity contribution in [3.8, 4) is 22.3 Å². The van der Waals surface area contributed by atoms with E-state index in [0.717, 1.165) is 5.46 Å². The van der Waals surface area contributed by atoms with E-state index in [4.69, 9.17) is 9.31 Å². The molecule has 0 aliphatic carbocycles. The van der Waals surface area contributed by atoms with E-state index in [1.165, 1.54) is 33.0 Å². The Kier molecular flexibility index (Phi) is 4.77. The van der Waals surface area contributed by atoms with Crippen molar-refractivity contribution < 1.29 is 9.31 Å². The second-order valence-corrected chi connectivity index (χ2v) is 9.29. The molecule has 31 heavy (non-hydrogen) atoms. The normalized spacial score (nSPS) is 17.2. The van der Waals surface area contributed by atoms with Crippen LogP contribution in [0.4, 0.5) is 0 Å². The van der Waals surface area contributed by atoms with Gasteiger partial charge in [-0.1, -0.05) is 91.0 Å². The molecule has 0 amide bonds. The van der Waals surface area contributed by atoms with Crippen LogP contribution in [0.2, 0.25) is 0 Å². The molecule has 5 rings (SSSR count). The Labute approximate surface area is 185 Å². The molecule has 1 aliphatic heterocycles. The molecular formula is C28H27BO2. The minimum Gasteiger partial charge on any atom is -0.399 e. The molecule has 0 aromatic heterocycles. The van der Waals surface area contributed by atoms with Crippen molar-refractivity contribution in [1.82, 2.24) is 0 Å². The molecular weight excluding hydrogens is 379 g/mol. The molecule has 1 saturated heterocycles. The second kappa shape index (κ2) is 7.37. The van der Waals surface area contributed by atoms with Gasteiger partial charge in [0.2, 0.25) is 0 Å². The molecule has 1 fully saturated rings. The summed E-state index contributed by atoms with van der Waals surface area (Å²) in [4.78, 5) is 0. The summed E-state index contributed by atoms with van der Waals surface area (Å²) in [6.45, 7) is 8.37. The molecule has 1 heterocycles. The van der Waals surface area contributed by atoms with Gasteiger partial charge < -0.3 is 9.31 Å². The van der Waals surface area contributed by atoms with Crippen LogP contribution >= 0.6 is 0 Å². The summed E-state index contributed by atoms with van der Waals surface area (Å²) < 4.78 is 12.7. The lowest BCUT2D eigenvalue weighted by molar-refractivity contribution is 0.00578. The molecule has 0 spiro atoms. The molecule has 3 heteroatoms. The first kappa shape index (κ1) is 20.1. The van der Waals surface area contributed by atoms with Crippen LogP contribution in [0.3, 0.4) is 0 Å². The van der Waals surface area contributed by atoms with Crippen molar-refractivity contribution in [3.05, 3.63) is 91.0 Å². The van der Waals surface area contributed by atoms with Gasteiger partial charge in [-0.15, -0.1) is 0 Å². The van der Waals surface area contributed by atoms with Crippen molar-refractivity contribution in [3.63, 3.8) is 0 Å². The second-order valence-electron chi connectivity index (χ2n) is 9.29. The van der Waals surface area contributed by atoms with Crippen LogP contribution in [-0.2, 0) is 9.31 Å². The standard InChI is InChI=1S/C28H27BO2/c1-27(2)28(3,4)31-29(30-27)22-17-18-25(26(19-22)21-11-6-5-7-12-21)24-16-10-14-20-13-8-9-15-23(20)24/h5-19H,1-4H3. The number of hydrogen-bond donors (Lipinski definition) is 0. The van der Waals surface area contributed by atoms with E-state index < -0.39 is 0 Å². The first-order valence-electron chi connectivity index (χ1n) is 10.9. The van der Waals surface area contributed by atoms with Gasteiger partial charge in [0.25, 0.3) is 0 Å². The summed E-state index contributed by atoms with van der Waals surface area (Å²) in [5.41, 5.74) is 5.13. The maximum Gasteiger partial charge on any atom is 0.494 e. The Balaban J connectivity index is 1.68. The maximum atomic E-state index is 6.33. The van der Waals surface area contributed by atoms with E-state index >= 15 is 0 Å². The first-order valence-corrected chi connectivity index (χ1v) is 10.9. The topological polar surface area (TPSA) is 18.5 Å². The van der Waals surface area contributed by atoms with Gasteiger partial charge in [-0.05, 0) is 66.2 Å². The summed E-state index contributed by atoms with van der Waals surface area (Å²) in [7, 11) is -0.381. The van der Waals surface area contributed by atoms with Crippen molar-refractivity contribution >= 4 is 23.4 Å². The maximum absolute atomic E-state index is 6.33. The lowest BCUT2D eigenvalue weighted by Crippen LogP contribution is -2.41. The molecule has 154 valence electrons. The Morgan fingerprint density at radius 3 is 1.97 bits per heavy atom. The van der Waals surface area contributed by atoms with Crippen LogP contribution in [0.15, 0.2) is 91.0 Å². The SMILES string of the molecule is CC1(C)OB(c2ccc(-c3cccc4ccccc34)c(-c3ccccc3)c2)OC1(C)C. The monoisotopic (exact) mass is 406 g/mol. The summed E-state index contributed by atoms with van der Waals surface area (Å²) >= 11 is 0. The van der Waals surface area contributed by atoms with Crippen LogP contribution in [0.1, 0.15) is 27.7 Å². The highest BCUT2D eigenvalue weighted by Gasteiger charge is 2.51. The third kappa shape index (κ3) is 3.48. The molecule has 0 radical (unpaired) electrons. The summed E-state index contributed by atoms with van der Waals surface area (Å²) in [6.07, 6.45) is 0. The van der Waals surface area contributed by atoms with Crippen molar-refractivity contribution in [2.45, 2.75) is 38.9 Å². The van der Waals surface area contributed by atoms with Gasteiger partial charge in [0.05, 0.1) is 11.2 Å². The van der Waals surface area contributed by atoms with Crippen molar-refractivity contribution in [1.29, 1.82) is 0 Å². The zero-order chi connectivity index (χ0) is 21.6. The predicted octanol–water partition coefficient (Wildman–Crippen LogP) is 6.47. The van der Waals surface area contributed by atoms with E-state index in [1.807, 2.05) is 0 Å². The van der Waals surface area contributed by atoms with E-state index in [1.54, 1.807) is 0 Å². The van der Waals surface area contributed by atoms with E-state index in [9.17, 15) is 0 Å². The molecule has 0 N–H and O–H groups in total. The van der Waals surface area contributed by atoms with Crippen molar-refractivity contribution in [2.75, 3.05) is 0 Å². The number of rotatable bonds is 3. The van der Waals surface area contributed by atoms with Gasteiger partial charge in [0, 0.05) is 0 Å². The van der Waals surface area contributed by atoms with E-state index in [-0.39, 0.29) is 18.3 Å². The van der Waals surface area contributed by atoms with Gasteiger partial charge in [-0.25, -0.2) is 0 Å². The van der Waals surface area contributed by atoms with Crippen LogP contribution in [0, 0.1) is 0 Å². The average Bonchev–Trinajstić information content (AvgIpc) is 3.00. The number of fused-ring (bicyclic) bond motifs is 1. The van der Waals surface area contributed by atoms with Gasteiger partial charge in [-0.2, -0.15) is 0 Å². The number of benzene rings is 4. The van der Waals surface area contributed by atoms with E-state index in [0.29, 0.717) is 0 Å². The fourth-order valence-corrected chi connectivity index (χ4v) is 4.24. The Hall–Kier alpha value is -2.88. The van der Waals surface area contributed by atoms with Gasteiger partial charge in [0.15, 0.2) is 0 Å². The van der Waals surface area contributed by atoms with E-state index in [2.05, 4.69) is 119 Å².